The maximum Gasteiger partial charge on any atom is 0.0663 e. The van der Waals surface area contributed by atoms with Crippen LogP contribution in [0.15, 0.2) is 24.3 Å². The first kappa shape index (κ1) is 15.5. The van der Waals surface area contributed by atoms with Crippen LogP contribution < -0.4 is 5.73 Å². The van der Waals surface area contributed by atoms with Crippen molar-refractivity contribution in [2.24, 2.45) is 11.7 Å². The Balaban J connectivity index is 1.80. The van der Waals surface area contributed by atoms with E-state index >= 15 is 0 Å². The van der Waals surface area contributed by atoms with E-state index < -0.39 is 0 Å². The van der Waals surface area contributed by atoms with Crippen molar-refractivity contribution >= 4 is 0 Å². The van der Waals surface area contributed by atoms with Gasteiger partial charge in [0.05, 0.1) is 18.8 Å². The highest BCUT2D eigenvalue weighted by atomic mass is 16.5. The minimum atomic E-state index is -0.00411. The number of hydrogen-bond donors (Lipinski definition) is 1. The fraction of sp³-hybridized carbons (Fsp3) is 0.667. The minimum Gasteiger partial charge on any atom is -0.376 e. The molecule has 1 atom stereocenters. The largest absolute Gasteiger partial charge is 0.376 e. The normalized spacial score (nSPS) is 24.9. The lowest BCUT2D eigenvalue weighted by molar-refractivity contribution is 0.0126. The van der Waals surface area contributed by atoms with Crippen molar-refractivity contribution < 1.29 is 4.74 Å². The Hall–Kier alpha value is -0.860. The predicted octanol–water partition coefficient (Wildman–Crippen LogP) is 4.41. The van der Waals surface area contributed by atoms with Gasteiger partial charge in [-0.25, -0.2) is 0 Å². The van der Waals surface area contributed by atoms with Crippen LogP contribution in [0, 0.1) is 5.92 Å². The second-order valence-corrected chi connectivity index (χ2v) is 6.64. The molecule has 2 nitrogen and oxygen atoms in total. The van der Waals surface area contributed by atoms with Gasteiger partial charge in [-0.2, -0.15) is 0 Å². The highest BCUT2D eigenvalue weighted by molar-refractivity contribution is 5.26. The molecule has 1 aliphatic rings. The topological polar surface area (TPSA) is 35.2 Å². The van der Waals surface area contributed by atoms with Crippen LogP contribution in [0.2, 0.25) is 0 Å². The van der Waals surface area contributed by atoms with Gasteiger partial charge in [-0.1, -0.05) is 45.0 Å². The molecule has 0 spiro atoms. The Bertz CT molecular complexity index is 390. The number of nitrogens with two attached hydrogens (primary N) is 1. The molecule has 0 amide bonds. The smallest absolute Gasteiger partial charge is 0.0663 e. The molecule has 0 aliphatic heterocycles. The maximum atomic E-state index is 6.24. The molecule has 0 heterocycles. The minimum absolute atomic E-state index is 0.00411. The van der Waals surface area contributed by atoms with Gasteiger partial charge in [0, 0.05) is 0 Å². The standard InChI is InChI=1S/C18H29NO/c1-13(2)15-6-8-16(9-7-15)18(19)12-20-17-10-4-14(3)5-11-17/h6-9,13-14,17-18H,4-5,10-12,19H2,1-3H3. The van der Waals surface area contributed by atoms with E-state index in [4.69, 9.17) is 10.5 Å². The summed E-state index contributed by atoms with van der Waals surface area (Å²) in [6.45, 7) is 7.39. The summed E-state index contributed by atoms with van der Waals surface area (Å²) in [7, 11) is 0. The molecule has 1 aromatic carbocycles. The molecule has 0 saturated heterocycles. The van der Waals surface area contributed by atoms with Gasteiger partial charge < -0.3 is 10.5 Å². The average molecular weight is 275 g/mol. The summed E-state index contributed by atoms with van der Waals surface area (Å²) < 4.78 is 6.00. The van der Waals surface area contributed by atoms with Crippen LogP contribution in [0.5, 0.6) is 0 Å². The van der Waals surface area contributed by atoms with Crippen molar-refractivity contribution in [2.45, 2.75) is 64.5 Å². The van der Waals surface area contributed by atoms with Crippen molar-refractivity contribution in [3.8, 4) is 0 Å². The van der Waals surface area contributed by atoms with Gasteiger partial charge in [-0.3, -0.25) is 0 Å². The third kappa shape index (κ3) is 4.32. The predicted molar refractivity (Wildman–Crippen MR) is 84.8 cm³/mol. The van der Waals surface area contributed by atoms with Crippen molar-refractivity contribution in [1.29, 1.82) is 0 Å². The molecule has 1 unspecified atom stereocenters. The highest BCUT2D eigenvalue weighted by Crippen LogP contribution is 2.26. The summed E-state index contributed by atoms with van der Waals surface area (Å²) >= 11 is 0. The molecule has 2 N–H and O–H groups in total. The van der Waals surface area contributed by atoms with Gasteiger partial charge in [0.15, 0.2) is 0 Å². The second-order valence-electron chi connectivity index (χ2n) is 6.64. The van der Waals surface area contributed by atoms with E-state index in [0.717, 1.165) is 5.92 Å². The summed E-state index contributed by atoms with van der Waals surface area (Å²) in [6.07, 6.45) is 5.40. The Labute approximate surface area is 123 Å². The Morgan fingerprint density at radius 3 is 2.15 bits per heavy atom. The van der Waals surface area contributed by atoms with E-state index in [0.29, 0.717) is 18.6 Å². The van der Waals surface area contributed by atoms with E-state index in [9.17, 15) is 0 Å². The van der Waals surface area contributed by atoms with Crippen molar-refractivity contribution in [3.05, 3.63) is 35.4 Å². The van der Waals surface area contributed by atoms with Crippen molar-refractivity contribution in [2.75, 3.05) is 6.61 Å². The number of ether oxygens (including phenoxy) is 1. The average Bonchev–Trinajstić information content (AvgIpc) is 2.46. The van der Waals surface area contributed by atoms with Crippen molar-refractivity contribution in [3.63, 3.8) is 0 Å². The van der Waals surface area contributed by atoms with Crippen LogP contribution in [-0.2, 0) is 4.74 Å². The fourth-order valence-corrected chi connectivity index (χ4v) is 2.86. The molecule has 0 aromatic heterocycles. The SMILES string of the molecule is CC1CCC(OCC(N)c2ccc(C(C)C)cc2)CC1. The molecule has 1 fully saturated rings. The van der Waals surface area contributed by atoms with Crippen molar-refractivity contribution in [1.82, 2.24) is 0 Å². The molecule has 112 valence electrons. The van der Waals surface area contributed by atoms with Gasteiger partial charge in [-0.15, -0.1) is 0 Å². The molecule has 20 heavy (non-hydrogen) atoms. The van der Waals surface area contributed by atoms with E-state index in [-0.39, 0.29) is 6.04 Å². The molecule has 0 bridgehead atoms. The summed E-state index contributed by atoms with van der Waals surface area (Å²) in [5.74, 6) is 1.44. The first-order chi connectivity index (χ1) is 9.56. The maximum absolute atomic E-state index is 6.24. The van der Waals surface area contributed by atoms with Gasteiger partial charge in [0.25, 0.3) is 0 Å². The molecule has 1 aliphatic carbocycles. The molecular weight excluding hydrogens is 246 g/mol. The molecule has 2 rings (SSSR count). The molecule has 1 saturated carbocycles. The number of rotatable bonds is 5. The Morgan fingerprint density at radius 1 is 1.05 bits per heavy atom. The third-order valence-corrected chi connectivity index (χ3v) is 4.51. The molecule has 1 aromatic rings. The molecule has 2 heteroatoms. The monoisotopic (exact) mass is 275 g/mol. The summed E-state index contributed by atoms with van der Waals surface area (Å²) in [5, 5.41) is 0. The van der Waals surface area contributed by atoms with Gasteiger partial charge in [0.2, 0.25) is 0 Å². The van der Waals surface area contributed by atoms with Crippen LogP contribution in [0.4, 0.5) is 0 Å². The lowest BCUT2D eigenvalue weighted by atomic mass is 9.89. The summed E-state index contributed by atoms with van der Waals surface area (Å²) in [4.78, 5) is 0. The third-order valence-electron chi connectivity index (χ3n) is 4.51. The van der Waals surface area contributed by atoms with Crippen LogP contribution >= 0.6 is 0 Å². The Morgan fingerprint density at radius 2 is 1.60 bits per heavy atom. The second kappa shape index (κ2) is 7.24. The lowest BCUT2D eigenvalue weighted by Crippen LogP contribution is -2.25. The van der Waals surface area contributed by atoms with Gasteiger partial charge >= 0.3 is 0 Å². The quantitative estimate of drug-likeness (QED) is 0.864. The summed E-state index contributed by atoms with van der Waals surface area (Å²) in [5.41, 5.74) is 8.78. The van der Waals surface area contributed by atoms with E-state index in [1.807, 2.05) is 0 Å². The van der Waals surface area contributed by atoms with E-state index in [1.54, 1.807) is 0 Å². The fourth-order valence-electron chi connectivity index (χ4n) is 2.86. The van der Waals surface area contributed by atoms with Gasteiger partial charge in [-0.05, 0) is 48.6 Å². The van der Waals surface area contributed by atoms with Crippen LogP contribution in [0.1, 0.15) is 69.5 Å². The van der Waals surface area contributed by atoms with Gasteiger partial charge in [0.1, 0.15) is 0 Å². The van der Waals surface area contributed by atoms with Crippen LogP contribution in [0.3, 0.4) is 0 Å². The van der Waals surface area contributed by atoms with E-state index in [1.165, 1.54) is 36.8 Å². The number of benzene rings is 1. The zero-order valence-electron chi connectivity index (χ0n) is 13.1. The lowest BCUT2D eigenvalue weighted by Gasteiger charge is -2.27. The van der Waals surface area contributed by atoms with Crippen LogP contribution in [-0.4, -0.2) is 12.7 Å². The van der Waals surface area contributed by atoms with E-state index in [2.05, 4.69) is 45.0 Å². The zero-order valence-corrected chi connectivity index (χ0v) is 13.1. The van der Waals surface area contributed by atoms with Crippen LogP contribution in [0.25, 0.3) is 0 Å². The molecular formula is C18H29NO. The Kier molecular flexibility index (Phi) is 5.62. The highest BCUT2D eigenvalue weighted by Gasteiger charge is 2.19. The zero-order chi connectivity index (χ0) is 14.5. The molecule has 0 radical (unpaired) electrons. The first-order valence-electron chi connectivity index (χ1n) is 8.03. The summed E-state index contributed by atoms with van der Waals surface area (Å²) in [6, 6.07) is 8.65. The number of hydrogen-bond acceptors (Lipinski definition) is 2. The first-order valence-corrected chi connectivity index (χ1v) is 8.03.